The van der Waals surface area contributed by atoms with Crippen molar-refractivity contribution >= 4 is 11.8 Å². The van der Waals surface area contributed by atoms with Crippen LogP contribution in [-0.4, -0.2) is 48.3 Å². The van der Waals surface area contributed by atoms with Gasteiger partial charge in [0.2, 0.25) is 11.8 Å². The van der Waals surface area contributed by atoms with Gasteiger partial charge in [-0.25, -0.2) is 0 Å². The van der Waals surface area contributed by atoms with Crippen molar-refractivity contribution in [3.63, 3.8) is 0 Å². The predicted octanol–water partition coefficient (Wildman–Crippen LogP) is 5.66. The molecule has 36 heavy (non-hydrogen) atoms. The first-order valence-electron chi connectivity index (χ1n) is 13.2. The minimum Gasteiger partial charge on any atom is -0.346 e. The molecule has 0 saturated carbocycles. The number of likely N-dealkylation sites (tertiary alicyclic amines) is 1. The number of hydrogen-bond acceptors (Lipinski definition) is 2. The van der Waals surface area contributed by atoms with Crippen LogP contribution in [0.5, 0.6) is 0 Å². The molecule has 0 spiro atoms. The number of piperidine rings is 1. The van der Waals surface area contributed by atoms with Gasteiger partial charge in [-0.1, -0.05) is 91.0 Å². The molecular weight excluding hydrogens is 444 g/mol. The summed E-state index contributed by atoms with van der Waals surface area (Å²) >= 11 is 0. The topological polar surface area (TPSA) is 40.6 Å². The molecule has 4 rings (SSSR count). The van der Waals surface area contributed by atoms with Crippen molar-refractivity contribution in [1.29, 1.82) is 0 Å². The second-order valence-electron chi connectivity index (χ2n) is 10.1. The molecule has 2 amide bonds. The van der Waals surface area contributed by atoms with E-state index in [2.05, 4.69) is 60.7 Å². The Morgan fingerprint density at radius 1 is 0.778 bits per heavy atom. The molecular formula is C32H38N2O2. The summed E-state index contributed by atoms with van der Waals surface area (Å²) in [6.07, 6.45) is 5.36. The summed E-state index contributed by atoms with van der Waals surface area (Å²) < 4.78 is 0. The van der Waals surface area contributed by atoms with Gasteiger partial charge in [0, 0.05) is 44.9 Å². The number of carbonyl (C=O) groups is 2. The van der Waals surface area contributed by atoms with Crippen molar-refractivity contribution in [2.75, 3.05) is 26.7 Å². The van der Waals surface area contributed by atoms with E-state index < -0.39 is 0 Å². The SMILES string of the molecule is CN(CCCc1ccccc1)C(=O)CC1(c2ccccc2)CCN(C(=O)CCc2ccccc2)CC1. The van der Waals surface area contributed by atoms with Gasteiger partial charge in [0.25, 0.3) is 0 Å². The first-order valence-corrected chi connectivity index (χ1v) is 13.2. The summed E-state index contributed by atoms with van der Waals surface area (Å²) in [7, 11) is 1.92. The van der Waals surface area contributed by atoms with Gasteiger partial charge < -0.3 is 9.80 Å². The molecule has 3 aromatic rings. The van der Waals surface area contributed by atoms with Crippen molar-refractivity contribution in [2.24, 2.45) is 0 Å². The molecule has 0 atom stereocenters. The molecule has 0 radical (unpaired) electrons. The fraction of sp³-hybridized carbons (Fsp3) is 0.375. The van der Waals surface area contributed by atoms with Gasteiger partial charge in [-0.3, -0.25) is 9.59 Å². The van der Waals surface area contributed by atoms with Gasteiger partial charge >= 0.3 is 0 Å². The monoisotopic (exact) mass is 482 g/mol. The van der Waals surface area contributed by atoms with Crippen LogP contribution >= 0.6 is 0 Å². The van der Waals surface area contributed by atoms with Crippen molar-refractivity contribution in [2.45, 2.75) is 50.4 Å². The number of aryl methyl sites for hydroxylation is 2. The van der Waals surface area contributed by atoms with E-state index in [0.29, 0.717) is 25.9 Å². The summed E-state index contributed by atoms with van der Waals surface area (Å²) in [6.45, 7) is 2.16. The highest BCUT2D eigenvalue weighted by Crippen LogP contribution is 2.39. The molecule has 188 valence electrons. The lowest BCUT2D eigenvalue weighted by Crippen LogP contribution is -2.47. The number of hydrogen-bond donors (Lipinski definition) is 0. The molecule has 0 aromatic heterocycles. The van der Waals surface area contributed by atoms with Gasteiger partial charge in [0.15, 0.2) is 0 Å². The standard InChI is InChI=1S/C32H38N2O2/c1-33(23-11-16-27-12-5-2-6-13-27)31(36)26-32(29-17-9-4-10-18-29)21-24-34(25-22-32)30(35)20-19-28-14-7-3-8-15-28/h2-10,12-15,17-18H,11,16,19-26H2,1H3. The van der Waals surface area contributed by atoms with Crippen molar-refractivity contribution in [1.82, 2.24) is 9.80 Å². The van der Waals surface area contributed by atoms with Crippen LogP contribution in [0.2, 0.25) is 0 Å². The normalized spacial score (nSPS) is 14.9. The van der Waals surface area contributed by atoms with E-state index in [0.717, 1.165) is 38.6 Å². The van der Waals surface area contributed by atoms with Gasteiger partial charge in [-0.05, 0) is 48.8 Å². The average molecular weight is 483 g/mol. The summed E-state index contributed by atoms with van der Waals surface area (Å²) in [4.78, 5) is 30.2. The van der Waals surface area contributed by atoms with Crippen LogP contribution in [0.15, 0.2) is 91.0 Å². The molecule has 4 nitrogen and oxygen atoms in total. The van der Waals surface area contributed by atoms with Crippen LogP contribution < -0.4 is 0 Å². The second-order valence-corrected chi connectivity index (χ2v) is 10.1. The van der Waals surface area contributed by atoms with Crippen molar-refractivity contribution < 1.29 is 9.59 Å². The van der Waals surface area contributed by atoms with E-state index in [4.69, 9.17) is 0 Å². The molecule has 0 N–H and O–H groups in total. The quantitative estimate of drug-likeness (QED) is 0.374. The Morgan fingerprint density at radius 2 is 1.31 bits per heavy atom. The number of rotatable bonds is 10. The lowest BCUT2D eigenvalue weighted by molar-refractivity contribution is -0.134. The first kappa shape index (κ1) is 25.7. The molecule has 1 fully saturated rings. The minimum atomic E-state index is -0.220. The summed E-state index contributed by atoms with van der Waals surface area (Å²) in [5.74, 6) is 0.403. The Morgan fingerprint density at radius 3 is 1.89 bits per heavy atom. The van der Waals surface area contributed by atoms with E-state index in [1.165, 1.54) is 16.7 Å². The molecule has 1 aliphatic heterocycles. The smallest absolute Gasteiger partial charge is 0.223 e. The Kier molecular flexibility index (Phi) is 8.94. The largest absolute Gasteiger partial charge is 0.346 e. The van der Waals surface area contributed by atoms with Crippen LogP contribution in [0.3, 0.4) is 0 Å². The summed E-state index contributed by atoms with van der Waals surface area (Å²) in [5, 5.41) is 0. The average Bonchev–Trinajstić information content (AvgIpc) is 2.93. The van der Waals surface area contributed by atoms with Crippen LogP contribution in [0.25, 0.3) is 0 Å². The van der Waals surface area contributed by atoms with Crippen LogP contribution in [0.1, 0.15) is 48.8 Å². The fourth-order valence-corrected chi connectivity index (χ4v) is 5.31. The second kappa shape index (κ2) is 12.5. The Bertz CT molecular complexity index is 1090. The van der Waals surface area contributed by atoms with Crippen LogP contribution in [0.4, 0.5) is 0 Å². The highest BCUT2D eigenvalue weighted by molar-refractivity contribution is 5.78. The third kappa shape index (κ3) is 6.84. The molecule has 0 aliphatic carbocycles. The minimum absolute atomic E-state index is 0.191. The third-order valence-electron chi connectivity index (χ3n) is 7.65. The zero-order valence-corrected chi connectivity index (χ0v) is 21.4. The zero-order valence-electron chi connectivity index (χ0n) is 21.4. The van der Waals surface area contributed by atoms with E-state index in [1.54, 1.807) is 0 Å². The van der Waals surface area contributed by atoms with Gasteiger partial charge in [-0.15, -0.1) is 0 Å². The van der Waals surface area contributed by atoms with E-state index in [1.807, 2.05) is 47.2 Å². The number of benzene rings is 3. The first-order chi connectivity index (χ1) is 17.6. The van der Waals surface area contributed by atoms with Crippen molar-refractivity contribution in [3.8, 4) is 0 Å². The maximum Gasteiger partial charge on any atom is 0.223 e. The number of carbonyl (C=O) groups excluding carboxylic acids is 2. The fourth-order valence-electron chi connectivity index (χ4n) is 5.31. The molecule has 1 aliphatic rings. The molecule has 0 unspecified atom stereocenters. The molecule has 4 heteroatoms. The molecule has 1 saturated heterocycles. The Hall–Kier alpha value is -3.40. The highest BCUT2D eigenvalue weighted by atomic mass is 16.2. The predicted molar refractivity (Wildman–Crippen MR) is 146 cm³/mol. The lowest BCUT2D eigenvalue weighted by atomic mass is 9.70. The van der Waals surface area contributed by atoms with Crippen LogP contribution in [0, 0.1) is 0 Å². The lowest BCUT2D eigenvalue weighted by Gasteiger charge is -2.42. The highest BCUT2D eigenvalue weighted by Gasteiger charge is 2.39. The molecule has 0 bridgehead atoms. The Labute approximate surface area is 215 Å². The number of amides is 2. The summed E-state index contributed by atoms with van der Waals surface area (Å²) in [6, 6.07) is 31.1. The van der Waals surface area contributed by atoms with Gasteiger partial charge in [-0.2, -0.15) is 0 Å². The number of nitrogens with zero attached hydrogens (tertiary/aromatic N) is 2. The van der Waals surface area contributed by atoms with Gasteiger partial charge in [0.1, 0.15) is 0 Å². The van der Waals surface area contributed by atoms with E-state index >= 15 is 0 Å². The zero-order chi connectivity index (χ0) is 25.2. The Balaban J connectivity index is 1.34. The maximum atomic E-state index is 13.4. The van der Waals surface area contributed by atoms with E-state index in [9.17, 15) is 9.59 Å². The molecule has 1 heterocycles. The van der Waals surface area contributed by atoms with Crippen molar-refractivity contribution in [3.05, 3.63) is 108 Å². The molecule has 3 aromatic carbocycles. The van der Waals surface area contributed by atoms with E-state index in [-0.39, 0.29) is 17.2 Å². The van der Waals surface area contributed by atoms with Gasteiger partial charge in [0.05, 0.1) is 0 Å². The maximum absolute atomic E-state index is 13.4. The van der Waals surface area contributed by atoms with Crippen LogP contribution in [-0.2, 0) is 27.8 Å². The summed E-state index contributed by atoms with van der Waals surface area (Å²) in [5.41, 5.74) is 3.50. The third-order valence-corrected chi connectivity index (χ3v) is 7.65.